The van der Waals surface area contributed by atoms with Gasteiger partial charge in [0.1, 0.15) is 11.7 Å². The first-order valence-electron chi connectivity index (χ1n) is 10.6. The minimum atomic E-state index is -0.631. The number of aliphatic imine (C=N–C) groups is 1. The van der Waals surface area contributed by atoms with Crippen LogP contribution in [0.3, 0.4) is 0 Å². The Morgan fingerprint density at radius 2 is 1.87 bits per heavy atom. The molecule has 0 spiro atoms. The summed E-state index contributed by atoms with van der Waals surface area (Å²) in [6.45, 7) is 8.61. The van der Waals surface area contributed by atoms with Gasteiger partial charge < -0.3 is 10.3 Å². The molecule has 2 heterocycles. The molecule has 0 saturated carbocycles. The van der Waals surface area contributed by atoms with Crippen LogP contribution in [0.4, 0.5) is 4.39 Å². The van der Waals surface area contributed by atoms with E-state index in [-0.39, 0.29) is 17.8 Å². The summed E-state index contributed by atoms with van der Waals surface area (Å²) in [5, 5.41) is 0. The first-order valence-corrected chi connectivity index (χ1v) is 10.6. The number of rotatable bonds is 3. The number of nitrogens with one attached hydrogen (secondary N) is 2. The molecule has 160 valence electrons. The number of amidine groups is 1. The molecule has 0 radical (unpaired) electrons. The molecule has 2 unspecified atom stereocenters. The lowest BCUT2D eigenvalue weighted by Gasteiger charge is -2.22. The third-order valence-electron chi connectivity index (χ3n) is 5.38. The van der Waals surface area contributed by atoms with Gasteiger partial charge in [0.15, 0.2) is 5.66 Å². The summed E-state index contributed by atoms with van der Waals surface area (Å²) in [5.74, 6) is 0.635. The summed E-state index contributed by atoms with van der Waals surface area (Å²) in [7, 11) is 0. The molecular formula is C24H31FN4O. The molecule has 5 nitrogen and oxygen atoms in total. The SMILES string of the molecule is CC(=O)N1CCCC1C1=NC(C)(c2ccc(-c3ccccc3F)cc2)NN1.CCC. The molecule has 2 aromatic carbocycles. The third kappa shape index (κ3) is 4.54. The summed E-state index contributed by atoms with van der Waals surface area (Å²) in [6, 6.07) is 14.5. The van der Waals surface area contributed by atoms with Crippen LogP contribution in [0.5, 0.6) is 0 Å². The van der Waals surface area contributed by atoms with Gasteiger partial charge in [-0.1, -0.05) is 62.7 Å². The zero-order valence-electron chi connectivity index (χ0n) is 18.2. The minimum absolute atomic E-state index is 0.00508. The number of halogens is 1. The van der Waals surface area contributed by atoms with Gasteiger partial charge in [-0.15, -0.1) is 0 Å². The average molecular weight is 411 g/mol. The van der Waals surface area contributed by atoms with E-state index in [1.165, 1.54) is 12.5 Å². The highest BCUT2D eigenvalue weighted by atomic mass is 19.1. The Bertz CT molecular complexity index is 912. The number of hydrogen-bond donors (Lipinski definition) is 2. The Kier molecular flexibility index (Phi) is 6.87. The van der Waals surface area contributed by atoms with Crippen LogP contribution in [0, 0.1) is 5.82 Å². The molecule has 1 fully saturated rings. The number of benzene rings is 2. The van der Waals surface area contributed by atoms with Crippen molar-refractivity contribution in [3.63, 3.8) is 0 Å². The van der Waals surface area contributed by atoms with E-state index >= 15 is 0 Å². The number of nitrogens with zero attached hydrogens (tertiary/aromatic N) is 2. The van der Waals surface area contributed by atoms with Crippen LogP contribution in [0.25, 0.3) is 11.1 Å². The van der Waals surface area contributed by atoms with E-state index in [1.807, 2.05) is 42.2 Å². The highest BCUT2D eigenvalue weighted by Crippen LogP contribution is 2.30. The fraction of sp³-hybridized carbons (Fsp3) is 0.417. The van der Waals surface area contributed by atoms with Gasteiger partial charge in [-0.3, -0.25) is 4.79 Å². The molecule has 2 aromatic rings. The molecule has 2 aliphatic rings. The lowest BCUT2D eigenvalue weighted by atomic mass is 9.98. The van der Waals surface area contributed by atoms with Crippen LogP contribution in [-0.4, -0.2) is 29.2 Å². The maximum absolute atomic E-state index is 14.0. The molecule has 0 bridgehead atoms. The standard InChI is InChI=1S/C21H23FN4O.C3H8/c1-14(27)26-13-5-8-19(26)20-23-21(2,25-24-20)16-11-9-15(10-12-16)17-6-3-4-7-18(17)22;1-3-2/h3-4,6-7,9-12,19,25H,5,8,13H2,1-2H3,(H,23,24);3H2,1-2H3. The Balaban J connectivity index is 0.000000806. The van der Waals surface area contributed by atoms with Crippen LogP contribution in [-0.2, 0) is 10.5 Å². The number of amides is 1. The predicted molar refractivity (Wildman–Crippen MR) is 119 cm³/mol. The number of likely N-dealkylation sites (tertiary alicyclic amines) is 1. The van der Waals surface area contributed by atoms with Crippen molar-refractivity contribution < 1.29 is 9.18 Å². The van der Waals surface area contributed by atoms with Crippen molar-refractivity contribution in [3.8, 4) is 11.1 Å². The van der Waals surface area contributed by atoms with Crippen molar-refractivity contribution in [1.29, 1.82) is 0 Å². The summed E-state index contributed by atoms with van der Waals surface area (Å²) in [4.78, 5) is 18.5. The van der Waals surface area contributed by atoms with Gasteiger partial charge in [0.2, 0.25) is 5.91 Å². The molecule has 0 aliphatic carbocycles. The zero-order chi connectivity index (χ0) is 21.7. The second-order valence-corrected chi connectivity index (χ2v) is 7.95. The van der Waals surface area contributed by atoms with Gasteiger partial charge in [-0.05, 0) is 37.0 Å². The van der Waals surface area contributed by atoms with E-state index in [0.29, 0.717) is 5.56 Å². The van der Waals surface area contributed by atoms with Gasteiger partial charge in [0.25, 0.3) is 0 Å². The second-order valence-electron chi connectivity index (χ2n) is 7.95. The molecule has 2 N–H and O–H groups in total. The summed E-state index contributed by atoms with van der Waals surface area (Å²) in [6.07, 6.45) is 3.15. The fourth-order valence-corrected chi connectivity index (χ4v) is 3.87. The van der Waals surface area contributed by atoms with Crippen molar-refractivity contribution in [1.82, 2.24) is 15.8 Å². The number of carbonyl (C=O) groups excluding carboxylic acids is 1. The molecule has 30 heavy (non-hydrogen) atoms. The van der Waals surface area contributed by atoms with E-state index in [9.17, 15) is 9.18 Å². The Labute approximate surface area is 178 Å². The normalized spacial score (nSPS) is 22.8. The quantitative estimate of drug-likeness (QED) is 0.778. The van der Waals surface area contributed by atoms with Gasteiger partial charge in [-0.25, -0.2) is 14.8 Å². The lowest BCUT2D eigenvalue weighted by molar-refractivity contribution is -0.128. The minimum Gasteiger partial charge on any atom is -0.333 e. The number of carbonyl (C=O) groups is 1. The molecular weight excluding hydrogens is 379 g/mol. The molecule has 6 heteroatoms. The highest BCUT2D eigenvalue weighted by molar-refractivity contribution is 5.92. The Hall–Kier alpha value is -2.73. The van der Waals surface area contributed by atoms with Crippen molar-refractivity contribution in [2.45, 2.75) is 58.7 Å². The molecule has 1 amide bonds. The fourth-order valence-electron chi connectivity index (χ4n) is 3.87. The summed E-state index contributed by atoms with van der Waals surface area (Å²) in [5.41, 5.74) is 8.16. The van der Waals surface area contributed by atoms with Gasteiger partial charge in [0, 0.05) is 19.0 Å². The van der Waals surface area contributed by atoms with Crippen molar-refractivity contribution in [3.05, 3.63) is 59.9 Å². The van der Waals surface area contributed by atoms with Crippen LogP contribution in [0.15, 0.2) is 53.5 Å². The monoisotopic (exact) mass is 410 g/mol. The maximum atomic E-state index is 14.0. The van der Waals surface area contributed by atoms with Crippen LogP contribution >= 0.6 is 0 Å². The first kappa shape index (κ1) is 22.0. The van der Waals surface area contributed by atoms with E-state index in [2.05, 4.69) is 24.7 Å². The van der Waals surface area contributed by atoms with E-state index in [4.69, 9.17) is 4.99 Å². The summed E-state index contributed by atoms with van der Waals surface area (Å²) >= 11 is 0. The third-order valence-corrected chi connectivity index (χ3v) is 5.38. The van der Waals surface area contributed by atoms with Crippen LogP contribution in [0.2, 0.25) is 0 Å². The zero-order valence-corrected chi connectivity index (χ0v) is 18.2. The summed E-state index contributed by atoms with van der Waals surface area (Å²) < 4.78 is 14.0. The topological polar surface area (TPSA) is 56.7 Å². The van der Waals surface area contributed by atoms with E-state index in [0.717, 1.165) is 36.3 Å². The van der Waals surface area contributed by atoms with E-state index in [1.54, 1.807) is 19.1 Å². The molecule has 4 rings (SSSR count). The first-order chi connectivity index (χ1) is 14.4. The van der Waals surface area contributed by atoms with Crippen LogP contribution in [0.1, 0.15) is 52.5 Å². The number of hydrogen-bond acceptors (Lipinski definition) is 4. The Morgan fingerprint density at radius 1 is 1.20 bits per heavy atom. The molecule has 0 aromatic heterocycles. The van der Waals surface area contributed by atoms with Crippen molar-refractivity contribution in [2.24, 2.45) is 4.99 Å². The van der Waals surface area contributed by atoms with E-state index < -0.39 is 5.66 Å². The molecule has 2 aliphatic heterocycles. The Morgan fingerprint density at radius 3 is 2.50 bits per heavy atom. The van der Waals surface area contributed by atoms with Gasteiger partial charge >= 0.3 is 0 Å². The lowest BCUT2D eigenvalue weighted by Crippen LogP contribution is -2.47. The average Bonchev–Trinajstić information content (AvgIpc) is 3.37. The molecule has 2 atom stereocenters. The smallest absolute Gasteiger partial charge is 0.220 e. The van der Waals surface area contributed by atoms with Crippen molar-refractivity contribution in [2.75, 3.05) is 6.54 Å². The predicted octanol–water partition coefficient (Wildman–Crippen LogP) is 4.60. The largest absolute Gasteiger partial charge is 0.333 e. The highest BCUT2D eigenvalue weighted by Gasteiger charge is 2.38. The maximum Gasteiger partial charge on any atom is 0.220 e. The van der Waals surface area contributed by atoms with Gasteiger partial charge in [0.05, 0.1) is 6.04 Å². The molecule has 1 saturated heterocycles. The van der Waals surface area contributed by atoms with Gasteiger partial charge in [-0.2, -0.15) is 0 Å². The van der Waals surface area contributed by atoms with Crippen LogP contribution < -0.4 is 10.9 Å². The number of hydrazine groups is 1. The second kappa shape index (κ2) is 9.39. The van der Waals surface area contributed by atoms with Crippen molar-refractivity contribution >= 4 is 11.7 Å².